The predicted octanol–water partition coefficient (Wildman–Crippen LogP) is 4.12. The molecule has 0 saturated carbocycles. The van der Waals surface area contributed by atoms with E-state index in [-0.39, 0.29) is 28.6 Å². The highest BCUT2D eigenvalue weighted by molar-refractivity contribution is 5.89. The summed E-state index contributed by atoms with van der Waals surface area (Å²) in [7, 11) is 1.66. The normalized spacial score (nSPS) is 11.6. The van der Waals surface area contributed by atoms with E-state index < -0.39 is 11.7 Å². The molecule has 1 aromatic carbocycles. The van der Waals surface area contributed by atoms with E-state index in [1.165, 1.54) is 18.2 Å². The standard InChI is InChI=1S/C18H18F3N5O/c1-3-9-27-13-6-4-5-11(18(19,20)21)14(13)12-8-7-10-15(23-2)25-17(22)26-16(10)24-12/h4-8H,3,9H2,1-2H3,(H3,22,23,24,25,26). The molecule has 0 aliphatic rings. The van der Waals surface area contributed by atoms with Crippen LogP contribution in [0.2, 0.25) is 0 Å². The average Bonchev–Trinajstić information content (AvgIpc) is 2.64. The number of ether oxygens (including phenoxy) is 1. The van der Waals surface area contributed by atoms with Crippen LogP contribution in [0.15, 0.2) is 30.3 Å². The molecule has 2 heterocycles. The number of nitrogen functional groups attached to an aromatic ring is 1. The number of hydrogen-bond acceptors (Lipinski definition) is 6. The third-order valence-corrected chi connectivity index (χ3v) is 3.86. The van der Waals surface area contributed by atoms with Crippen LogP contribution in [0.25, 0.3) is 22.3 Å². The van der Waals surface area contributed by atoms with Gasteiger partial charge in [0.2, 0.25) is 5.95 Å². The monoisotopic (exact) mass is 377 g/mol. The number of pyridine rings is 1. The highest BCUT2D eigenvalue weighted by Gasteiger charge is 2.35. The second-order valence-electron chi connectivity index (χ2n) is 5.77. The zero-order chi connectivity index (χ0) is 19.6. The van der Waals surface area contributed by atoms with Gasteiger partial charge in [-0.25, -0.2) is 4.98 Å². The van der Waals surface area contributed by atoms with Gasteiger partial charge in [-0.2, -0.15) is 23.1 Å². The molecule has 0 fully saturated rings. The van der Waals surface area contributed by atoms with Gasteiger partial charge in [-0.3, -0.25) is 0 Å². The molecule has 0 radical (unpaired) electrons. The lowest BCUT2D eigenvalue weighted by molar-refractivity contribution is -0.137. The maximum absolute atomic E-state index is 13.6. The highest BCUT2D eigenvalue weighted by Crippen LogP contribution is 2.42. The Balaban J connectivity index is 2.25. The minimum absolute atomic E-state index is 0.0249. The van der Waals surface area contributed by atoms with Gasteiger partial charge in [0.05, 0.1) is 28.8 Å². The number of nitrogens with two attached hydrogens (primary N) is 1. The Morgan fingerprint density at radius 3 is 2.56 bits per heavy atom. The summed E-state index contributed by atoms with van der Waals surface area (Å²) in [5, 5.41) is 3.42. The minimum Gasteiger partial charge on any atom is -0.493 e. The lowest BCUT2D eigenvalue weighted by Crippen LogP contribution is -2.10. The molecule has 3 N–H and O–H groups in total. The summed E-state index contributed by atoms with van der Waals surface area (Å²) in [6, 6.07) is 6.93. The van der Waals surface area contributed by atoms with Crippen molar-refractivity contribution in [2.24, 2.45) is 0 Å². The van der Waals surface area contributed by atoms with E-state index in [1.807, 2.05) is 6.92 Å². The van der Waals surface area contributed by atoms with Crippen LogP contribution in [0.3, 0.4) is 0 Å². The number of aromatic nitrogens is 3. The third-order valence-electron chi connectivity index (χ3n) is 3.86. The van der Waals surface area contributed by atoms with Crippen molar-refractivity contribution in [3.8, 4) is 17.0 Å². The topological polar surface area (TPSA) is 86.0 Å². The van der Waals surface area contributed by atoms with Gasteiger partial charge in [0, 0.05) is 7.05 Å². The Bertz CT molecular complexity index is 975. The maximum Gasteiger partial charge on any atom is 0.417 e. The first-order valence-electron chi connectivity index (χ1n) is 8.30. The van der Waals surface area contributed by atoms with Gasteiger partial charge in [0.1, 0.15) is 11.6 Å². The van der Waals surface area contributed by atoms with Crippen LogP contribution < -0.4 is 15.8 Å². The van der Waals surface area contributed by atoms with Crippen molar-refractivity contribution in [1.29, 1.82) is 0 Å². The molecule has 0 aliphatic heterocycles. The van der Waals surface area contributed by atoms with Crippen LogP contribution in [0.4, 0.5) is 24.9 Å². The fourth-order valence-electron chi connectivity index (χ4n) is 2.72. The first-order chi connectivity index (χ1) is 12.8. The summed E-state index contributed by atoms with van der Waals surface area (Å²) in [5.74, 6) is 0.542. The SMILES string of the molecule is CCCOc1cccc(C(F)(F)F)c1-c1ccc2c(NC)nc(N)nc2n1. The Hall–Kier alpha value is -3.10. The van der Waals surface area contributed by atoms with E-state index in [0.29, 0.717) is 24.2 Å². The first-order valence-corrected chi connectivity index (χ1v) is 8.30. The zero-order valence-electron chi connectivity index (χ0n) is 14.8. The number of halogens is 3. The molecule has 0 amide bonds. The van der Waals surface area contributed by atoms with Crippen molar-refractivity contribution in [2.75, 3.05) is 24.7 Å². The van der Waals surface area contributed by atoms with Crippen LogP contribution in [-0.2, 0) is 6.18 Å². The lowest BCUT2D eigenvalue weighted by atomic mass is 10.0. The second kappa shape index (κ2) is 7.26. The molecule has 3 aromatic rings. The summed E-state index contributed by atoms with van der Waals surface area (Å²) in [6.07, 6.45) is -3.89. The molecule has 0 bridgehead atoms. The number of alkyl halides is 3. The van der Waals surface area contributed by atoms with E-state index in [9.17, 15) is 13.2 Å². The average molecular weight is 377 g/mol. The van der Waals surface area contributed by atoms with Crippen LogP contribution in [0.1, 0.15) is 18.9 Å². The van der Waals surface area contributed by atoms with Gasteiger partial charge in [0.25, 0.3) is 0 Å². The smallest absolute Gasteiger partial charge is 0.417 e. The fraction of sp³-hybridized carbons (Fsp3) is 0.278. The zero-order valence-corrected chi connectivity index (χ0v) is 14.8. The molecule has 27 heavy (non-hydrogen) atoms. The van der Waals surface area contributed by atoms with Crippen molar-refractivity contribution < 1.29 is 17.9 Å². The van der Waals surface area contributed by atoms with Crippen LogP contribution in [0, 0.1) is 0 Å². The Morgan fingerprint density at radius 2 is 1.89 bits per heavy atom. The van der Waals surface area contributed by atoms with E-state index >= 15 is 0 Å². The van der Waals surface area contributed by atoms with Gasteiger partial charge >= 0.3 is 6.18 Å². The van der Waals surface area contributed by atoms with Crippen LogP contribution in [0.5, 0.6) is 5.75 Å². The summed E-state index contributed by atoms with van der Waals surface area (Å²) in [4.78, 5) is 12.4. The van der Waals surface area contributed by atoms with Crippen molar-refractivity contribution in [3.05, 3.63) is 35.9 Å². The fourth-order valence-corrected chi connectivity index (χ4v) is 2.72. The summed E-state index contributed by atoms with van der Waals surface area (Å²) in [6.45, 7) is 2.17. The van der Waals surface area contributed by atoms with E-state index in [2.05, 4.69) is 20.3 Å². The molecular weight excluding hydrogens is 359 g/mol. The molecule has 0 atom stereocenters. The largest absolute Gasteiger partial charge is 0.493 e. The number of anilines is 2. The summed E-state index contributed by atoms with van der Waals surface area (Å²) >= 11 is 0. The Labute approximate surface area is 153 Å². The van der Waals surface area contributed by atoms with Crippen molar-refractivity contribution in [3.63, 3.8) is 0 Å². The third kappa shape index (κ3) is 3.71. The number of rotatable bonds is 5. The number of fused-ring (bicyclic) bond motifs is 1. The van der Waals surface area contributed by atoms with E-state index in [1.54, 1.807) is 13.1 Å². The first kappa shape index (κ1) is 18.7. The van der Waals surface area contributed by atoms with E-state index in [0.717, 1.165) is 6.07 Å². The van der Waals surface area contributed by atoms with Crippen molar-refractivity contribution in [1.82, 2.24) is 15.0 Å². The summed E-state index contributed by atoms with van der Waals surface area (Å²) < 4.78 is 46.3. The second-order valence-corrected chi connectivity index (χ2v) is 5.77. The van der Waals surface area contributed by atoms with Gasteiger partial charge in [-0.05, 0) is 30.7 Å². The van der Waals surface area contributed by atoms with Crippen molar-refractivity contribution in [2.45, 2.75) is 19.5 Å². The molecule has 0 saturated heterocycles. The quantitative estimate of drug-likeness (QED) is 0.696. The molecule has 9 heteroatoms. The number of hydrogen-bond donors (Lipinski definition) is 2. The molecule has 0 aliphatic carbocycles. The van der Waals surface area contributed by atoms with Gasteiger partial charge < -0.3 is 15.8 Å². The van der Waals surface area contributed by atoms with E-state index in [4.69, 9.17) is 10.5 Å². The number of nitrogens with zero attached hydrogens (tertiary/aromatic N) is 3. The lowest BCUT2D eigenvalue weighted by Gasteiger charge is -2.17. The maximum atomic E-state index is 13.6. The summed E-state index contributed by atoms with van der Waals surface area (Å²) in [5.41, 5.74) is 5.03. The molecule has 2 aromatic heterocycles. The van der Waals surface area contributed by atoms with Crippen LogP contribution >= 0.6 is 0 Å². The molecular formula is C18H18F3N5O. The Morgan fingerprint density at radius 1 is 1.11 bits per heavy atom. The number of benzene rings is 1. The number of nitrogens with one attached hydrogen (secondary N) is 1. The molecule has 142 valence electrons. The molecule has 0 spiro atoms. The van der Waals surface area contributed by atoms with Gasteiger partial charge in [0.15, 0.2) is 5.65 Å². The van der Waals surface area contributed by atoms with Crippen molar-refractivity contribution >= 4 is 22.8 Å². The van der Waals surface area contributed by atoms with Gasteiger partial charge in [-0.1, -0.05) is 13.0 Å². The Kier molecular flexibility index (Phi) is 5.02. The predicted molar refractivity (Wildman–Crippen MR) is 97.5 cm³/mol. The van der Waals surface area contributed by atoms with Crippen LogP contribution in [-0.4, -0.2) is 28.6 Å². The van der Waals surface area contributed by atoms with Gasteiger partial charge in [-0.15, -0.1) is 0 Å². The molecule has 0 unspecified atom stereocenters. The minimum atomic E-state index is -4.56. The molecule has 6 nitrogen and oxygen atoms in total. The highest BCUT2D eigenvalue weighted by atomic mass is 19.4. The molecule has 3 rings (SSSR count).